The lowest BCUT2D eigenvalue weighted by Crippen LogP contribution is -2.33. The summed E-state index contributed by atoms with van der Waals surface area (Å²) in [5.74, 6) is -0.285. The van der Waals surface area contributed by atoms with E-state index in [1.807, 2.05) is 6.92 Å². The maximum Gasteiger partial charge on any atom is 0.262 e. The van der Waals surface area contributed by atoms with Gasteiger partial charge in [-0.15, -0.1) is 11.3 Å². The summed E-state index contributed by atoms with van der Waals surface area (Å²) in [4.78, 5) is 29.4. The SMILES string of the molecule is C[C@H](NC(=O)Cn1cnc2sccc2c1=O)c1ccc(Cl)c(Cl)c1. The number of benzene rings is 1. The van der Waals surface area contributed by atoms with Gasteiger partial charge in [0.15, 0.2) is 0 Å². The number of nitrogens with zero attached hydrogens (tertiary/aromatic N) is 2. The van der Waals surface area contributed by atoms with Gasteiger partial charge in [-0.25, -0.2) is 4.98 Å². The van der Waals surface area contributed by atoms with Crippen LogP contribution in [0.15, 0.2) is 40.8 Å². The largest absolute Gasteiger partial charge is 0.348 e. The zero-order chi connectivity index (χ0) is 17.3. The molecule has 2 aromatic heterocycles. The molecule has 0 unspecified atom stereocenters. The van der Waals surface area contributed by atoms with Gasteiger partial charge in [-0.05, 0) is 36.1 Å². The van der Waals surface area contributed by atoms with Gasteiger partial charge in [-0.3, -0.25) is 14.2 Å². The van der Waals surface area contributed by atoms with E-state index in [2.05, 4.69) is 10.3 Å². The molecule has 0 bridgehead atoms. The van der Waals surface area contributed by atoms with Crippen LogP contribution in [0.3, 0.4) is 0 Å². The van der Waals surface area contributed by atoms with Gasteiger partial charge in [-0.1, -0.05) is 29.3 Å². The topological polar surface area (TPSA) is 64.0 Å². The smallest absolute Gasteiger partial charge is 0.262 e. The maximum absolute atomic E-state index is 12.3. The Morgan fingerprint density at radius 1 is 1.33 bits per heavy atom. The number of carbonyl (C=O) groups excluding carboxylic acids is 1. The van der Waals surface area contributed by atoms with Crippen molar-refractivity contribution in [2.24, 2.45) is 0 Å². The molecule has 3 aromatic rings. The van der Waals surface area contributed by atoms with Crippen LogP contribution in [-0.4, -0.2) is 15.5 Å². The van der Waals surface area contributed by atoms with E-state index < -0.39 is 0 Å². The highest BCUT2D eigenvalue weighted by atomic mass is 35.5. The van der Waals surface area contributed by atoms with Crippen molar-refractivity contribution in [2.75, 3.05) is 0 Å². The molecule has 0 radical (unpaired) electrons. The van der Waals surface area contributed by atoms with Crippen LogP contribution in [0.25, 0.3) is 10.2 Å². The summed E-state index contributed by atoms with van der Waals surface area (Å²) in [6, 6.07) is 6.63. The average Bonchev–Trinajstić information content (AvgIpc) is 3.02. The lowest BCUT2D eigenvalue weighted by atomic mass is 10.1. The molecule has 8 heteroatoms. The predicted octanol–water partition coefficient (Wildman–Crippen LogP) is 3.64. The number of thiophene rings is 1. The molecule has 24 heavy (non-hydrogen) atoms. The van der Waals surface area contributed by atoms with Gasteiger partial charge in [0, 0.05) is 0 Å². The van der Waals surface area contributed by atoms with Crippen LogP contribution in [0, 0.1) is 0 Å². The van der Waals surface area contributed by atoms with Crippen molar-refractivity contribution in [3.8, 4) is 0 Å². The molecule has 0 saturated heterocycles. The number of hydrogen-bond acceptors (Lipinski definition) is 4. The van der Waals surface area contributed by atoms with Gasteiger partial charge in [0.1, 0.15) is 11.4 Å². The van der Waals surface area contributed by atoms with E-state index in [1.165, 1.54) is 22.2 Å². The van der Waals surface area contributed by atoms with Crippen LogP contribution in [0.2, 0.25) is 10.0 Å². The number of aromatic nitrogens is 2. The molecule has 0 aliphatic heterocycles. The number of nitrogens with one attached hydrogen (secondary N) is 1. The summed E-state index contributed by atoms with van der Waals surface area (Å²) in [6.07, 6.45) is 1.39. The highest BCUT2D eigenvalue weighted by molar-refractivity contribution is 7.16. The van der Waals surface area contributed by atoms with Crippen LogP contribution < -0.4 is 10.9 Å². The van der Waals surface area contributed by atoms with Gasteiger partial charge >= 0.3 is 0 Å². The fraction of sp³-hybridized carbons (Fsp3) is 0.188. The molecule has 2 heterocycles. The summed E-state index contributed by atoms with van der Waals surface area (Å²) in [5.41, 5.74) is 0.607. The fourth-order valence-corrected chi connectivity index (χ4v) is 3.34. The molecule has 3 rings (SSSR count). The number of rotatable bonds is 4. The summed E-state index contributed by atoms with van der Waals surface area (Å²) in [6.45, 7) is 1.74. The van der Waals surface area contributed by atoms with Crippen molar-refractivity contribution in [2.45, 2.75) is 19.5 Å². The molecular formula is C16H13Cl2N3O2S. The molecule has 1 aromatic carbocycles. The molecule has 0 saturated carbocycles. The minimum absolute atomic E-state index is 0.0940. The second-order valence-electron chi connectivity index (χ2n) is 5.28. The predicted molar refractivity (Wildman–Crippen MR) is 96.9 cm³/mol. The van der Waals surface area contributed by atoms with E-state index in [1.54, 1.807) is 29.6 Å². The number of carbonyl (C=O) groups is 1. The monoisotopic (exact) mass is 381 g/mol. The molecule has 0 fully saturated rings. The van der Waals surface area contributed by atoms with E-state index in [9.17, 15) is 9.59 Å². The number of halogens is 2. The third kappa shape index (κ3) is 3.45. The standard InChI is InChI=1S/C16H13Cl2N3O2S/c1-9(10-2-3-12(17)13(18)6-10)20-14(22)7-21-8-19-15-11(16(21)23)4-5-24-15/h2-6,8-9H,7H2,1H3,(H,20,22)/t9-/m0/s1. The average molecular weight is 382 g/mol. The van der Waals surface area contributed by atoms with Gasteiger partial charge in [-0.2, -0.15) is 0 Å². The first-order chi connectivity index (χ1) is 11.5. The van der Waals surface area contributed by atoms with Crippen molar-refractivity contribution in [1.82, 2.24) is 14.9 Å². The normalized spacial score (nSPS) is 12.3. The van der Waals surface area contributed by atoms with Crippen molar-refractivity contribution in [3.63, 3.8) is 0 Å². The van der Waals surface area contributed by atoms with Gasteiger partial charge in [0.05, 0.1) is 27.8 Å². The Morgan fingerprint density at radius 3 is 2.88 bits per heavy atom. The van der Waals surface area contributed by atoms with Crippen molar-refractivity contribution in [3.05, 3.63) is 61.9 Å². The molecule has 0 aliphatic rings. The summed E-state index contributed by atoms with van der Waals surface area (Å²) in [5, 5.41) is 6.05. The Bertz CT molecular complexity index is 967. The van der Waals surface area contributed by atoms with Crippen LogP contribution in [0.4, 0.5) is 0 Å². The van der Waals surface area contributed by atoms with Gasteiger partial charge in [0.25, 0.3) is 5.56 Å². The quantitative estimate of drug-likeness (QED) is 0.749. The zero-order valence-electron chi connectivity index (χ0n) is 12.6. The maximum atomic E-state index is 12.3. The van der Waals surface area contributed by atoms with Crippen molar-refractivity contribution in [1.29, 1.82) is 0 Å². The second-order valence-corrected chi connectivity index (χ2v) is 6.99. The van der Waals surface area contributed by atoms with Crippen LogP contribution in [0.5, 0.6) is 0 Å². The Kier molecular flexibility index (Phi) is 4.89. The molecule has 124 valence electrons. The Morgan fingerprint density at radius 2 is 2.12 bits per heavy atom. The zero-order valence-corrected chi connectivity index (χ0v) is 15.0. The molecule has 0 spiro atoms. The van der Waals surface area contributed by atoms with Crippen molar-refractivity contribution < 1.29 is 4.79 Å². The number of amides is 1. The summed E-state index contributed by atoms with van der Waals surface area (Å²) >= 11 is 13.3. The van der Waals surface area contributed by atoms with E-state index in [-0.39, 0.29) is 24.1 Å². The van der Waals surface area contributed by atoms with E-state index in [0.717, 1.165) is 5.56 Å². The number of hydrogen-bond donors (Lipinski definition) is 1. The Hall–Kier alpha value is -1.89. The Balaban J connectivity index is 1.73. The van der Waals surface area contributed by atoms with Crippen LogP contribution in [0.1, 0.15) is 18.5 Å². The molecule has 0 aliphatic carbocycles. The Labute approximate surface area is 151 Å². The molecule has 1 atom stereocenters. The van der Waals surface area contributed by atoms with Crippen LogP contribution >= 0.6 is 34.5 Å². The lowest BCUT2D eigenvalue weighted by molar-refractivity contribution is -0.122. The third-order valence-corrected chi connectivity index (χ3v) is 5.15. The van der Waals surface area contributed by atoms with E-state index in [0.29, 0.717) is 20.3 Å². The summed E-state index contributed by atoms with van der Waals surface area (Å²) < 4.78 is 1.30. The van der Waals surface area contributed by atoms with Gasteiger partial charge in [0.2, 0.25) is 5.91 Å². The highest BCUT2D eigenvalue weighted by Gasteiger charge is 2.13. The van der Waals surface area contributed by atoms with Crippen molar-refractivity contribution >= 4 is 50.7 Å². The first-order valence-electron chi connectivity index (χ1n) is 7.12. The molecule has 1 N–H and O–H groups in total. The fourth-order valence-electron chi connectivity index (χ4n) is 2.31. The highest BCUT2D eigenvalue weighted by Crippen LogP contribution is 2.25. The molecule has 1 amide bonds. The number of fused-ring (bicyclic) bond motifs is 1. The minimum atomic E-state index is -0.285. The molecule has 5 nitrogen and oxygen atoms in total. The van der Waals surface area contributed by atoms with Crippen LogP contribution in [-0.2, 0) is 11.3 Å². The third-order valence-electron chi connectivity index (χ3n) is 3.59. The second kappa shape index (κ2) is 6.93. The minimum Gasteiger partial charge on any atom is -0.348 e. The summed E-state index contributed by atoms with van der Waals surface area (Å²) in [7, 11) is 0. The lowest BCUT2D eigenvalue weighted by Gasteiger charge is -2.15. The first kappa shape index (κ1) is 17.0. The van der Waals surface area contributed by atoms with Gasteiger partial charge < -0.3 is 5.32 Å². The first-order valence-corrected chi connectivity index (χ1v) is 8.76. The molecular weight excluding hydrogens is 369 g/mol. The van der Waals surface area contributed by atoms with E-state index >= 15 is 0 Å². The van der Waals surface area contributed by atoms with E-state index in [4.69, 9.17) is 23.2 Å².